The summed E-state index contributed by atoms with van der Waals surface area (Å²) in [5.74, 6) is -0.921. The van der Waals surface area contributed by atoms with E-state index in [9.17, 15) is 19.3 Å². The summed E-state index contributed by atoms with van der Waals surface area (Å²) >= 11 is 0. The number of urea groups is 1. The molecule has 2 aromatic rings. The van der Waals surface area contributed by atoms with E-state index < -0.39 is 22.5 Å². The van der Waals surface area contributed by atoms with Crippen molar-refractivity contribution in [3.63, 3.8) is 0 Å². The number of aryl methyl sites for hydroxylation is 2. The number of hydrogen-bond acceptors (Lipinski definition) is 4. The monoisotopic (exact) mass is 318 g/mol. The number of benzene rings is 2. The molecule has 7 nitrogen and oxygen atoms in total. The number of halogens is 1. The Kier molecular flexibility index (Phi) is 4.44. The number of hydrazine groups is 1. The Hall–Kier alpha value is -3.16. The molecule has 0 radical (unpaired) electrons. The van der Waals surface area contributed by atoms with Gasteiger partial charge >= 0.3 is 6.03 Å². The van der Waals surface area contributed by atoms with Gasteiger partial charge < -0.3 is 5.73 Å². The van der Waals surface area contributed by atoms with Crippen LogP contribution in [0.2, 0.25) is 0 Å². The van der Waals surface area contributed by atoms with Gasteiger partial charge in [-0.1, -0.05) is 12.1 Å². The van der Waals surface area contributed by atoms with E-state index in [-0.39, 0.29) is 11.3 Å². The third-order valence-electron chi connectivity index (χ3n) is 3.15. The summed E-state index contributed by atoms with van der Waals surface area (Å²) in [6, 6.07) is 8.02. The average Bonchev–Trinajstić information content (AvgIpc) is 2.45. The molecule has 3 N–H and O–H groups in total. The molecule has 0 bridgehead atoms. The Bertz CT molecular complexity index is 756. The lowest BCUT2D eigenvalue weighted by Gasteiger charge is -2.24. The van der Waals surface area contributed by atoms with Gasteiger partial charge in [0, 0.05) is 6.07 Å². The minimum atomic E-state index is -0.942. The molecular formula is C15H15FN4O3. The van der Waals surface area contributed by atoms with E-state index in [0.717, 1.165) is 16.6 Å². The zero-order valence-corrected chi connectivity index (χ0v) is 12.5. The zero-order valence-electron chi connectivity index (χ0n) is 12.5. The first-order valence-electron chi connectivity index (χ1n) is 6.67. The lowest BCUT2D eigenvalue weighted by molar-refractivity contribution is -0.385. The highest BCUT2D eigenvalue weighted by Crippen LogP contribution is 2.29. The van der Waals surface area contributed by atoms with Crippen LogP contribution < -0.4 is 16.2 Å². The Labute approximate surface area is 131 Å². The van der Waals surface area contributed by atoms with E-state index in [1.54, 1.807) is 18.2 Å². The Morgan fingerprint density at radius 2 is 2.00 bits per heavy atom. The van der Waals surface area contributed by atoms with Gasteiger partial charge in [-0.25, -0.2) is 14.2 Å². The van der Waals surface area contributed by atoms with Crippen molar-refractivity contribution in [2.24, 2.45) is 5.73 Å². The molecule has 0 aliphatic heterocycles. The molecule has 23 heavy (non-hydrogen) atoms. The maximum absolute atomic E-state index is 14.3. The number of nitro benzene ring substituents is 1. The summed E-state index contributed by atoms with van der Waals surface area (Å²) in [6.07, 6.45) is 0. The quantitative estimate of drug-likeness (QED) is 0.667. The van der Waals surface area contributed by atoms with E-state index in [1.165, 1.54) is 13.0 Å². The Morgan fingerprint density at radius 3 is 2.52 bits per heavy atom. The fourth-order valence-electron chi connectivity index (χ4n) is 2.17. The van der Waals surface area contributed by atoms with Gasteiger partial charge in [-0.2, -0.15) is 0 Å². The minimum absolute atomic E-state index is 0.162. The highest BCUT2D eigenvalue weighted by Gasteiger charge is 2.23. The predicted octanol–water partition coefficient (Wildman–Crippen LogP) is 3.26. The number of anilines is 2. The second-order valence-corrected chi connectivity index (χ2v) is 5.01. The standard InChI is InChI=1S/C15H15FN4O3/c1-9-4-3-5-11(6-9)18-19(15(17)21)14-10(2)7-12(20(22)23)8-13(14)16/h3-8,18H,1-2H3,(H2,17,21). The minimum Gasteiger partial charge on any atom is -0.350 e. The molecular weight excluding hydrogens is 303 g/mol. The van der Waals surface area contributed by atoms with Crippen LogP contribution in [0.15, 0.2) is 36.4 Å². The molecule has 0 aliphatic carbocycles. The van der Waals surface area contributed by atoms with Crippen LogP contribution in [0.25, 0.3) is 0 Å². The van der Waals surface area contributed by atoms with Crippen molar-refractivity contribution in [3.05, 3.63) is 63.5 Å². The number of carbonyl (C=O) groups excluding carboxylic acids is 1. The number of primary amides is 1. The van der Waals surface area contributed by atoms with Crippen molar-refractivity contribution in [2.45, 2.75) is 13.8 Å². The first-order valence-corrected chi connectivity index (χ1v) is 6.67. The highest BCUT2D eigenvalue weighted by molar-refractivity contribution is 5.94. The van der Waals surface area contributed by atoms with Crippen LogP contribution in [-0.4, -0.2) is 11.0 Å². The summed E-state index contributed by atoms with van der Waals surface area (Å²) < 4.78 is 14.3. The molecule has 0 heterocycles. The molecule has 0 aliphatic rings. The number of nitrogens with two attached hydrogens (primary N) is 1. The van der Waals surface area contributed by atoms with Gasteiger partial charge in [-0.3, -0.25) is 15.5 Å². The highest BCUT2D eigenvalue weighted by atomic mass is 19.1. The largest absolute Gasteiger partial charge is 0.350 e. The fourth-order valence-corrected chi connectivity index (χ4v) is 2.17. The maximum atomic E-state index is 14.3. The number of hydrogen-bond donors (Lipinski definition) is 2. The molecule has 0 saturated carbocycles. The SMILES string of the molecule is Cc1cccc(NN(C(N)=O)c2c(C)cc([N+](=O)[O-])cc2F)c1. The van der Waals surface area contributed by atoms with Crippen molar-refractivity contribution in [1.82, 2.24) is 0 Å². The number of amides is 2. The normalized spacial score (nSPS) is 10.2. The number of non-ortho nitro benzene ring substituents is 1. The van der Waals surface area contributed by atoms with E-state index in [1.807, 2.05) is 13.0 Å². The second-order valence-electron chi connectivity index (χ2n) is 5.01. The Balaban J connectivity index is 2.46. The van der Waals surface area contributed by atoms with E-state index in [4.69, 9.17) is 5.73 Å². The molecule has 2 amide bonds. The number of nitrogens with one attached hydrogen (secondary N) is 1. The fraction of sp³-hybridized carbons (Fsp3) is 0.133. The van der Waals surface area contributed by atoms with Gasteiger partial charge in [0.25, 0.3) is 5.69 Å². The molecule has 0 aromatic heterocycles. The van der Waals surface area contributed by atoms with E-state index in [0.29, 0.717) is 5.69 Å². The van der Waals surface area contributed by atoms with Crippen LogP contribution in [0.3, 0.4) is 0 Å². The van der Waals surface area contributed by atoms with Crippen molar-refractivity contribution < 1.29 is 14.1 Å². The summed E-state index contributed by atoms with van der Waals surface area (Å²) in [7, 11) is 0. The van der Waals surface area contributed by atoms with Crippen molar-refractivity contribution >= 4 is 23.1 Å². The van der Waals surface area contributed by atoms with Gasteiger partial charge in [0.05, 0.1) is 16.7 Å². The van der Waals surface area contributed by atoms with Crippen LogP contribution in [0, 0.1) is 29.8 Å². The summed E-state index contributed by atoms with van der Waals surface area (Å²) in [5.41, 5.74) is 9.13. The molecule has 2 aromatic carbocycles. The molecule has 0 atom stereocenters. The molecule has 0 fully saturated rings. The zero-order chi connectivity index (χ0) is 17.1. The second kappa shape index (κ2) is 6.30. The maximum Gasteiger partial charge on any atom is 0.338 e. The smallest absolute Gasteiger partial charge is 0.338 e. The van der Waals surface area contributed by atoms with Gasteiger partial charge in [-0.15, -0.1) is 0 Å². The topological polar surface area (TPSA) is 102 Å². The lowest BCUT2D eigenvalue weighted by atomic mass is 10.1. The van der Waals surface area contributed by atoms with Crippen molar-refractivity contribution in [2.75, 3.05) is 10.4 Å². The summed E-state index contributed by atoms with van der Waals surface area (Å²) in [6.45, 7) is 3.32. The average molecular weight is 318 g/mol. The van der Waals surface area contributed by atoms with E-state index >= 15 is 0 Å². The number of carbonyl (C=O) groups is 1. The first kappa shape index (κ1) is 16.2. The van der Waals surface area contributed by atoms with Crippen LogP contribution in [0.1, 0.15) is 11.1 Å². The van der Waals surface area contributed by atoms with Gasteiger partial charge in [-0.05, 0) is 37.1 Å². The van der Waals surface area contributed by atoms with Gasteiger partial charge in [0.2, 0.25) is 0 Å². The van der Waals surface area contributed by atoms with Crippen molar-refractivity contribution in [1.29, 1.82) is 0 Å². The van der Waals surface area contributed by atoms with Crippen LogP contribution >= 0.6 is 0 Å². The molecule has 120 valence electrons. The van der Waals surface area contributed by atoms with Crippen LogP contribution in [0.5, 0.6) is 0 Å². The first-order chi connectivity index (χ1) is 10.8. The molecule has 8 heteroatoms. The lowest BCUT2D eigenvalue weighted by Crippen LogP contribution is -2.41. The van der Waals surface area contributed by atoms with Gasteiger partial charge in [0.15, 0.2) is 5.82 Å². The molecule has 0 unspecified atom stereocenters. The summed E-state index contributed by atoms with van der Waals surface area (Å²) in [5, 5.41) is 11.6. The third-order valence-corrected chi connectivity index (χ3v) is 3.15. The van der Waals surface area contributed by atoms with Gasteiger partial charge in [0.1, 0.15) is 5.69 Å². The number of rotatable bonds is 4. The number of nitrogens with zero attached hydrogens (tertiary/aromatic N) is 2. The summed E-state index contributed by atoms with van der Waals surface area (Å²) in [4.78, 5) is 21.8. The third kappa shape index (κ3) is 3.54. The van der Waals surface area contributed by atoms with Crippen LogP contribution in [-0.2, 0) is 0 Å². The molecule has 0 saturated heterocycles. The molecule has 0 spiro atoms. The van der Waals surface area contributed by atoms with Crippen LogP contribution in [0.4, 0.5) is 26.2 Å². The predicted molar refractivity (Wildman–Crippen MR) is 84.7 cm³/mol. The van der Waals surface area contributed by atoms with E-state index in [2.05, 4.69) is 5.43 Å². The van der Waals surface area contributed by atoms with Crippen molar-refractivity contribution in [3.8, 4) is 0 Å². The number of nitro groups is 1. The molecule has 2 rings (SSSR count). The Morgan fingerprint density at radius 1 is 1.30 bits per heavy atom.